The Labute approximate surface area is 97.4 Å². The molecule has 4 nitrogen and oxygen atoms in total. The third-order valence-electron chi connectivity index (χ3n) is 2.36. The van der Waals surface area contributed by atoms with E-state index in [0.717, 1.165) is 0 Å². The SMILES string of the molecule is COc1cccc2ncn(CCCl)c(=O)c12. The van der Waals surface area contributed by atoms with Gasteiger partial charge in [0.1, 0.15) is 11.1 Å². The number of aryl methyl sites for hydroxylation is 1. The summed E-state index contributed by atoms with van der Waals surface area (Å²) >= 11 is 5.61. The Morgan fingerprint density at radius 2 is 2.31 bits per heavy atom. The Bertz CT molecular complexity index is 565. The fourth-order valence-corrected chi connectivity index (χ4v) is 1.77. The average Bonchev–Trinajstić information content (AvgIpc) is 2.32. The number of benzene rings is 1. The van der Waals surface area contributed by atoms with E-state index in [1.54, 1.807) is 18.2 Å². The van der Waals surface area contributed by atoms with Crippen molar-refractivity contribution in [3.8, 4) is 5.75 Å². The summed E-state index contributed by atoms with van der Waals surface area (Å²) in [4.78, 5) is 16.3. The van der Waals surface area contributed by atoms with E-state index in [0.29, 0.717) is 29.1 Å². The number of fused-ring (bicyclic) bond motifs is 1. The maximum Gasteiger partial charge on any atom is 0.264 e. The molecule has 1 aromatic heterocycles. The topological polar surface area (TPSA) is 44.1 Å². The number of hydrogen-bond donors (Lipinski definition) is 0. The van der Waals surface area contributed by atoms with E-state index in [-0.39, 0.29) is 5.56 Å². The van der Waals surface area contributed by atoms with Crippen LogP contribution in [0.15, 0.2) is 29.3 Å². The van der Waals surface area contributed by atoms with E-state index in [1.165, 1.54) is 18.0 Å². The van der Waals surface area contributed by atoms with Gasteiger partial charge in [-0.25, -0.2) is 4.98 Å². The van der Waals surface area contributed by atoms with Crippen LogP contribution in [0.3, 0.4) is 0 Å². The lowest BCUT2D eigenvalue weighted by molar-refractivity contribution is 0.419. The summed E-state index contributed by atoms with van der Waals surface area (Å²) in [6.45, 7) is 0.446. The van der Waals surface area contributed by atoms with Crippen LogP contribution in [-0.2, 0) is 6.54 Å². The Hall–Kier alpha value is -1.55. The molecule has 0 atom stereocenters. The van der Waals surface area contributed by atoms with Crippen molar-refractivity contribution in [1.82, 2.24) is 9.55 Å². The van der Waals surface area contributed by atoms with Crippen LogP contribution < -0.4 is 10.3 Å². The van der Waals surface area contributed by atoms with Gasteiger partial charge in [-0.15, -0.1) is 11.6 Å². The lowest BCUT2D eigenvalue weighted by Gasteiger charge is -2.07. The average molecular weight is 239 g/mol. The van der Waals surface area contributed by atoms with Crippen LogP contribution in [0.4, 0.5) is 0 Å². The Kier molecular flexibility index (Phi) is 3.10. The first-order valence-corrected chi connectivity index (χ1v) is 5.39. The Morgan fingerprint density at radius 3 is 3.00 bits per heavy atom. The molecule has 0 aliphatic carbocycles. The number of ether oxygens (including phenoxy) is 1. The number of halogens is 1. The molecule has 0 saturated heterocycles. The Balaban J connectivity index is 2.76. The Morgan fingerprint density at radius 1 is 1.50 bits per heavy atom. The predicted octanol–water partition coefficient (Wildman–Crippen LogP) is 1.64. The van der Waals surface area contributed by atoms with Crippen molar-refractivity contribution in [2.75, 3.05) is 13.0 Å². The van der Waals surface area contributed by atoms with Gasteiger partial charge in [0.05, 0.1) is 19.0 Å². The van der Waals surface area contributed by atoms with Gasteiger partial charge in [-0.05, 0) is 12.1 Å². The van der Waals surface area contributed by atoms with Crippen molar-refractivity contribution in [3.63, 3.8) is 0 Å². The molecule has 2 aromatic rings. The molecule has 0 bridgehead atoms. The highest BCUT2D eigenvalue weighted by Gasteiger charge is 2.08. The van der Waals surface area contributed by atoms with Crippen molar-refractivity contribution in [2.24, 2.45) is 0 Å². The van der Waals surface area contributed by atoms with Crippen molar-refractivity contribution < 1.29 is 4.74 Å². The number of alkyl halides is 1. The van der Waals surface area contributed by atoms with Crippen molar-refractivity contribution in [3.05, 3.63) is 34.9 Å². The second-order valence-electron chi connectivity index (χ2n) is 3.29. The number of methoxy groups -OCH3 is 1. The quantitative estimate of drug-likeness (QED) is 0.764. The monoisotopic (exact) mass is 238 g/mol. The van der Waals surface area contributed by atoms with Crippen molar-refractivity contribution in [1.29, 1.82) is 0 Å². The molecule has 1 heterocycles. The van der Waals surface area contributed by atoms with E-state index in [1.807, 2.05) is 0 Å². The number of nitrogens with zero attached hydrogens (tertiary/aromatic N) is 2. The molecule has 0 fully saturated rings. The molecule has 0 spiro atoms. The molecule has 1 aromatic carbocycles. The first-order valence-electron chi connectivity index (χ1n) is 4.86. The van der Waals surface area contributed by atoms with E-state index < -0.39 is 0 Å². The summed E-state index contributed by atoms with van der Waals surface area (Å²) in [6, 6.07) is 5.33. The van der Waals surface area contributed by atoms with Gasteiger partial charge in [-0.3, -0.25) is 9.36 Å². The molecule has 2 rings (SSSR count). The lowest BCUT2D eigenvalue weighted by atomic mass is 10.2. The second kappa shape index (κ2) is 4.53. The molecule has 0 amide bonds. The highest BCUT2D eigenvalue weighted by atomic mass is 35.5. The van der Waals surface area contributed by atoms with Crippen LogP contribution in [-0.4, -0.2) is 22.5 Å². The number of aromatic nitrogens is 2. The molecule has 0 N–H and O–H groups in total. The largest absolute Gasteiger partial charge is 0.496 e. The summed E-state index contributed by atoms with van der Waals surface area (Å²) in [5, 5.41) is 0.498. The minimum absolute atomic E-state index is 0.122. The molecular weight excluding hydrogens is 228 g/mol. The predicted molar refractivity (Wildman–Crippen MR) is 63.3 cm³/mol. The molecule has 5 heteroatoms. The second-order valence-corrected chi connectivity index (χ2v) is 3.66. The zero-order valence-electron chi connectivity index (χ0n) is 8.81. The van der Waals surface area contributed by atoms with Gasteiger partial charge in [0.25, 0.3) is 5.56 Å². The van der Waals surface area contributed by atoms with E-state index in [2.05, 4.69) is 4.98 Å². The molecule has 0 unspecified atom stereocenters. The van der Waals surface area contributed by atoms with Crippen LogP contribution >= 0.6 is 11.6 Å². The highest BCUT2D eigenvalue weighted by Crippen LogP contribution is 2.19. The standard InChI is InChI=1S/C11H11ClN2O2/c1-16-9-4-2-3-8-10(9)11(15)14(6-5-12)7-13-8/h2-4,7H,5-6H2,1H3. The summed E-state index contributed by atoms with van der Waals surface area (Å²) in [7, 11) is 1.53. The zero-order valence-corrected chi connectivity index (χ0v) is 9.57. The van der Waals surface area contributed by atoms with Crippen LogP contribution in [0.5, 0.6) is 5.75 Å². The summed E-state index contributed by atoms with van der Waals surface area (Å²) in [6.07, 6.45) is 1.51. The third-order valence-corrected chi connectivity index (χ3v) is 2.53. The van der Waals surface area contributed by atoms with Crippen LogP contribution in [0, 0.1) is 0 Å². The summed E-state index contributed by atoms with van der Waals surface area (Å²) in [5.41, 5.74) is 0.512. The minimum Gasteiger partial charge on any atom is -0.496 e. The normalized spacial score (nSPS) is 10.6. The molecule has 0 saturated carbocycles. The molecule has 16 heavy (non-hydrogen) atoms. The van der Waals surface area contributed by atoms with Gasteiger partial charge in [-0.2, -0.15) is 0 Å². The fourth-order valence-electron chi connectivity index (χ4n) is 1.59. The first-order chi connectivity index (χ1) is 7.77. The smallest absolute Gasteiger partial charge is 0.264 e. The summed E-state index contributed by atoms with van der Waals surface area (Å²) in [5.74, 6) is 0.918. The molecule has 0 aliphatic rings. The van der Waals surface area contributed by atoms with Crippen LogP contribution in [0.1, 0.15) is 0 Å². The van der Waals surface area contributed by atoms with Gasteiger partial charge >= 0.3 is 0 Å². The number of rotatable bonds is 3. The first kappa shape index (κ1) is 11.0. The van der Waals surface area contributed by atoms with Crippen molar-refractivity contribution in [2.45, 2.75) is 6.54 Å². The maximum absolute atomic E-state index is 12.1. The van der Waals surface area contributed by atoms with Gasteiger partial charge in [-0.1, -0.05) is 6.07 Å². The zero-order chi connectivity index (χ0) is 11.5. The van der Waals surface area contributed by atoms with Crippen LogP contribution in [0.2, 0.25) is 0 Å². The van der Waals surface area contributed by atoms with Crippen LogP contribution in [0.25, 0.3) is 10.9 Å². The highest BCUT2D eigenvalue weighted by molar-refractivity contribution is 6.17. The van der Waals surface area contributed by atoms with Gasteiger partial charge in [0.2, 0.25) is 0 Å². The van der Waals surface area contributed by atoms with Crippen molar-refractivity contribution >= 4 is 22.5 Å². The number of hydrogen-bond acceptors (Lipinski definition) is 3. The molecule has 0 aliphatic heterocycles. The molecule has 0 radical (unpaired) electrons. The maximum atomic E-state index is 12.1. The molecule has 84 valence electrons. The summed E-state index contributed by atoms with van der Waals surface area (Å²) < 4.78 is 6.64. The van der Waals surface area contributed by atoms with E-state index >= 15 is 0 Å². The van der Waals surface area contributed by atoms with Gasteiger partial charge in [0, 0.05) is 12.4 Å². The van der Waals surface area contributed by atoms with E-state index in [4.69, 9.17) is 16.3 Å². The minimum atomic E-state index is -0.122. The fraction of sp³-hybridized carbons (Fsp3) is 0.273. The lowest BCUT2D eigenvalue weighted by Crippen LogP contribution is -2.21. The third kappa shape index (κ3) is 1.76. The van der Waals surface area contributed by atoms with Gasteiger partial charge < -0.3 is 4.74 Å². The van der Waals surface area contributed by atoms with Gasteiger partial charge in [0.15, 0.2) is 0 Å². The van der Waals surface area contributed by atoms with E-state index in [9.17, 15) is 4.79 Å². The molecular formula is C11H11ClN2O2.